The van der Waals surface area contributed by atoms with Gasteiger partial charge in [-0.15, -0.1) is 0 Å². The van der Waals surface area contributed by atoms with E-state index < -0.39 is 0 Å². The molecule has 0 atom stereocenters. The predicted octanol–water partition coefficient (Wildman–Crippen LogP) is 3.53. The number of hydrogen-bond donors (Lipinski definition) is 2. The monoisotopic (exact) mass is 410 g/mol. The molecule has 2 aromatic heterocycles. The van der Waals surface area contributed by atoms with E-state index in [2.05, 4.69) is 52.4 Å². The first-order chi connectivity index (χ1) is 14.1. The van der Waals surface area contributed by atoms with E-state index >= 15 is 0 Å². The second kappa shape index (κ2) is 8.42. The molecule has 152 valence electrons. The summed E-state index contributed by atoms with van der Waals surface area (Å²) >= 11 is 1.59. The Labute approximate surface area is 174 Å². The molecule has 0 spiro atoms. The SMILES string of the molecule is C=Cc1cc2c(cc1Sc1nc3c(N)ncnc3n1CCCNC(C)C)OCC2. The third kappa shape index (κ3) is 4.09. The summed E-state index contributed by atoms with van der Waals surface area (Å²) in [5.74, 6) is 1.35. The zero-order valence-electron chi connectivity index (χ0n) is 16.8. The average molecular weight is 411 g/mol. The van der Waals surface area contributed by atoms with E-state index in [1.165, 1.54) is 11.9 Å². The third-order valence-corrected chi connectivity index (χ3v) is 5.95. The van der Waals surface area contributed by atoms with Gasteiger partial charge in [-0.2, -0.15) is 0 Å². The lowest BCUT2D eigenvalue weighted by Gasteiger charge is -2.12. The van der Waals surface area contributed by atoms with Gasteiger partial charge in [0.25, 0.3) is 0 Å². The van der Waals surface area contributed by atoms with Crippen LogP contribution in [0.1, 0.15) is 31.4 Å². The van der Waals surface area contributed by atoms with E-state index in [9.17, 15) is 0 Å². The second-order valence-corrected chi connectivity index (χ2v) is 8.35. The number of imidazole rings is 1. The number of nitrogen functional groups attached to an aromatic ring is 1. The number of nitrogens with one attached hydrogen (secondary N) is 1. The van der Waals surface area contributed by atoms with Crippen molar-refractivity contribution in [2.75, 3.05) is 18.9 Å². The van der Waals surface area contributed by atoms with Gasteiger partial charge in [-0.3, -0.25) is 0 Å². The molecule has 0 unspecified atom stereocenters. The smallest absolute Gasteiger partial charge is 0.175 e. The quantitative estimate of drug-likeness (QED) is 0.549. The number of fused-ring (bicyclic) bond motifs is 2. The number of hydrogen-bond acceptors (Lipinski definition) is 7. The van der Waals surface area contributed by atoms with Crippen LogP contribution in [0.4, 0.5) is 5.82 Å². The third-order valence-electron chi connectivity index (χ3n) is 4.88. The fraction of sp³-hybridized carbons (Fsp3) is 0.381. The van der Waals surface area contributed by atoms with Crippen LogP contribution in [0.5, 0.6) is 5.75 Å². The Kier molecular flexibility index (Phi) is 5.73. The van der Waals surface area contributed by atoms with Crippen molar-refractivity contribution in [3.05, 3.63) is 36.2 Å². The summed E-state index contributed by atoms with van der Waals surface area (Å²) in [5, 5.41) is 4.30. The Morgan fingerprint density at radius 2 is 2.24 bits per heavy atom. The minimum Gasteiger partial charge on any atom is -0.493 e. The Hall–Kier alpha value is -2.58. The minimum atomic E-state index is 0.400. The lowest BCUT2D eigenvalue weighted by atomic mass is 10.1. The van der Waals surface area contributed by atoms with Crippen molar-refractivity contribution in [3.63, 3.8) is 0 Å². The van der Waals surface area contributed by atoms with Gasteiger partial charge in [0.2, 0.25) is 0 Å². The molecule has 8 heteroatoms. The molecule has 3 heterocycles. The fourth-order valence-corrected chi connectivity index (χ4v) is 4.46. The minimum absolute atomic E-state index is 0.400. The largest absolute Gasteiger partial charge is 0.493 e. The number of nitrogens with zero attached hydrogens (tertiary/aromatic N) is 4. The van der Waals surface area contributed by atoms with Gasteiger partial charge >= 0.3 is 0 Å². The fourth-order valence-electron chi connectivity index (χ4n) is 3.41. The summed E-state index contributed by atoms with van der Waals surface area (Å²) in [7, 11) is 0. The van der Waals surface area contributed by atoms with Crippen LogP contribution in [0.15, 0.2) is 35.1 Å². The molecule has 3 N–H and O–H groups in total. The molecule has 1 aliphatic heterocycles. The predicted molar refractivity (Wildman–Crippen MR) is 117 cm³/mol. The maximum atomic E-state index is 6.07. The molecule has 1 aliphatic rings. The van der Waals surface area contributed by atoms with Crippen LogP contribution in [-0.4, -0.2) is 38.7 Å². The van der Waals surface area contributed by atoms with Crippen LogP contribution in [0.25, 0.3) is 17.2 Å². The molecule has 4 rings (SSSR count). The summed E-state index contributed by atoms with van der Waals surface area (Å²) in [6.07, 6.45) is 5.28. The lowest BCUT2D eigenvalue weighted by molar-refractivity contribution is 0.356. The molecular formula is C21H26N6OS. The maximum absolute atomic E-state index is 6.07. The van der Waals surface area contributed by atoms with Crippen molar-refractivity contribution in [3.8, 4) is 5.75 Å². The van der Waals surface area contributed by atoms with Crippen molar-refractivity contribution in [2.24, 2.45) is 0 Å². The Balaban J connectivity index is 1.69. The Morgan fingerprint density at radius 1 is 1.38 bits per heavy atom. The van der Waals surface area contributed by atoms with Crippen LogP contribution in [-0.2, 0) is 13.0 Å². The highest BCUT2D eigenvalue weighted by Crippen LogP contribution is 2.38. The van der Waals surface area contributed by atoms with E-state index in [0.717, 1.165) is 59.6 Å². The average Bonchev–Trinajstić information content (AvgIpc) is 3.29. The maximum Gasteiger partial charge on any atom is 0.175 e. The summed E-state index contributed by atoms with van der Waals surface area (Å²) in [6.45, 7) is 10.7. The van der Waals surface area contributed by atoms with Gasteiger partial charge in [0.05, 0.1) is 6.61 Å². The van der Waals surface area contributed by atoms with Gasteiger partial charge in [0.1, 0.15) is 12.1 Å². The highest BCUT2D eigenvalue weighted by Gasteiger charge is 2.20. The Morgan fingerprint density at radius 3 is 3.03 bits per heavy atom. The number of aryl methyl sites for hydroxylation is 1. The zero-order chi connectivity index (χ0) is 20.4. The van der Waals surface area contributed by atoms with E-state index in [0.29, 0.717) is 17.4 Å². The van der Waals surface area contributed by atoms with Gasteiger partial charge in [-0.1, -0.05) is 38.3 Å². The highest BCUT2D eigenvalue weighted by atomic mass is 32.2. The van der Waals surface area contributed by atoms with Gasteiger partial charge < -0.3 is 20.4 Å². The summed E-state index contributed by atoms with van der Waals surface area (Å²) in [5.41, 5.74) is 9.79. The first-order valence-corrected chi connectivity index (χ1v) is 10.7. The normalized spacial score (nSPS) is 13.1. The number of rotatable bonds is 8. The van der Waals surface area contributed by atoms with E-state index in [4.69, 9.17) is 15.5 Å². The van der Waals surface area contributed by atoms with Gasteiger partial charge in [-0.25, -0.2) is 15.0 Å². The summed E-state index contributed by atoms with van der Waals surface area (Å²) in [4.78, 5) is 14.4. The molecule has 7 nitrogen and oxygen atoms in total. The van der Waals surface area contributed by atoms with Crippen molar-refractivity contribution in [1.82, 2.24) is 24.8 Å². The standard InChI is InChI=1S/C21H26N6OS/c1-4-14-10-15-6-9-28-16(15)11-17(14)29-21-26-18-19(22)24-12-25-20(18)27(21)8-5-7-23-13(2)3/h4,10-13,23H,1,5-9H2,2-3H3,(H2,22,24,25). The summed E-state index contributed by atoms with van der Waals surface area (Å²) in [6, 6.07) is 4.71. The van der Waals surface area contributed by atoms with E-state index in [-0.39, 0.29) is 0 Å². The molecule has 0 saturated carbocycles. The van der Waals surface area contributed by atoms with Crippen LogP contribution in [0.3, 0.4) is 0 Å². The van der Waals surface area contributed by atoms with Crippen molar-refractivity contribution >= 4 is 34.8 Å². The second-order valence-electron chi connectivity index (χ2n) is 7.34. The highest BCUT2D eigenvalue weighted by molar-refractivity contribution is 7.99. The van der Waals surface area contributed by atoms with Gasteiger partial charge in [0.15, 0.2) is 22.1 Å². The molecule has 0 saturated heterocycles. The molecule has 0 amide bonds. The molecule has 0 fully saturated rings. The molecular weight excluding hydrogens is 384 g/mol. The molecule has 1 aromatic carbocycles. The van der Waals surface area contributed by atoms with Crippen molar-refractivity contribution in [1.29, 1.82) is 0 Å². The first-order valence-electron chi connectivity index (χ1n) is 9.87. The van der Waals surface area contributed by atoms with Crippen LogP contribution in [0, 0.1) is 0 Å². The molecule has 29 heavy (non-hydrogen) atoms. The summed E-state index contributed by atoms with van der Waals surface area (Å²) < 4.78 is 7.89. The topological polar surface area (TPSA) is 90.9 Å². The van der Waals surface area contributed by atoms with Crippen molar-refractivity contribution < 1.29 is 4.74 Å². The van der Waals surface area contributed by atoms with Crippen LogP contribution >= 0.6 is 11.8 Å². The number of nitrogens with two attached hydrogens (primary N) is 1. The zero-order valence-corrected chi connectivity index (χ0v) is 17.6. The lowest BCUT2D eigenvalue weighted by Crippen LogP contribution is -2.24. The molecule has 3 aromatic rings. The van der Waals surface area contributed by atoms with Crippen LogP contribution < -0.4 is 15.8 Å². The Bertz CT molecular complexity index is 1050. The number of ether oxygens (including phenoxy) is 1. The van der Waals surface area contributed by atoms with Crippen molar-refractivity contribution in [2.45, 2.75) is 49.3 Å². The van der Waals surface area contributed by atoms with E-state index in [1.807, 2.05) is 6.08 Å². The van der Waals surface area contributed by atoms with Gasteiger partial charge in [-0.05, 0) is 36.2 Å². The number of anilines is 1. The molecule has 0 bridgehead atoms. The molecule has 0 radical (unpaired) electrons. The van der Waals surface area contributed by atoms with Gasteiger partial charge in [0, 0.05) is 23.9 Å². The molecule has 0 aliphatic carbocycles. The van der Waals surface area contributed by atoms with Crippen LogP contribution in [0.2, 0.25) is 0 Å². The van der Waals surface area contributed by atoms with E-state index in [1.54, 1.807) is 11.8 Å². The number of aromatic nitrogens is 4. The number of benzene rings is 1. The first kappa shape index (κ1) is 19.7.